The van der Waals surface area contributed by atoms with Crippen LogP contribution >= 0.6 is 0 Å². The van der Waals surface area contributed by atoms with Gasteiger partial charge in [-0.1, -0.05) is 18.2 Å². The average Bonchev–Trinajstić information content (AvgIpc) is 2.87. The number of amides is 2. The van der Waals surface area contributed by atoms with Crippen molar-refractivity contribution in [2.24, 2.45) is 0 Å². The molecule has 0 bridgehead atoms. The van der Waals surface area contributed by atoms with E-state index in [2.05, 4.69) is 15.3 Å². The predicted octanol–water partition coefficient (Wildman–Crippen LogP) is 1.60. The van der Waals surface area contributed by atoms with E-state index < -0.39 is 5.41 Å². The average molecular weight is 308 g/mol. The molecular weight excluding hydrogens is 292 g/mol. The van der Waals surface area contributed by atoms with Crippen LogP contribution < -0.4 is 5.32 Å². The summed E-state index contributed by atoms with van der Waals surface area (Å²) in [5.41, 5.74) is 1.51. The molecule has 1 N–H and O–H groups in total. The lowest BCUT2D eigenvalue weighted by molar-refractivity contribution is -0.122. The van der Waals surface area contributed by atoms with Crippen molar-refractivity contribution < 1.29 is 9.59 Å². The van der Waals surface area contributed by atoms with E-state index in [1.165, 1.54) is 18.6 Å². The van der Waals surface area contributed by atoms with Gasteiger partial charge >= 0.3 is 0 Å². The van der Waals surface area contributed by atoms with Crippen LogP contribution in [0.1, 0.15) is 28.9 Å². The highest BCUT2D eigenvalue weighted by atomic mass is 16.2. The Morgan fingerprint density at radius 2 is 2.13 bits per heavy atom. The maximum absolute atomic E-state index is 12.7. The summed E-state index contributed by atoms with van der Waals surface area (Å²) in [7, 11) is 0. The smallest absolute Gasteiger partial charge is 0.274 e. The molecule has 2 amide bonds. The molecule has 0 aliphatic carbocycles. The molecule has 2 aliphatic rings. The van der Waals surface area contributed by atoms with E-state index in [1.54, 1.807) is 4.90 Å². The topological polar surface area (TPSA) is 75.2 Å². The van der Waals surface area contributed by atoms with Crippen LogP contribution in [0, 0.1) is 0 Å². The van der Waals surface area contributed by atoms with Crippen LogP contribution in [-0.2, 0) is 10.2 Å². The van der Waals surface area contributed by atoms with E-state index >= 15 is 0 Å². The van der Waals surface area contributed by atoms with Crippen molar-refractivity contribution in [1.29, 1.82) is 0 Å². The number of anilines is 1. The van der Waals surface area contributed by atoms with Crippen LogP contribution in [0.4, 0.5) is 5.69 Å². The van der Waals surface area contributed by atoms with Crippen molar-refractivity contribution in [1.82, 2.24) is 14.9 Å². The van der Waals surface area contributed by atoms with Gasteiger partial charge in [-0.3, -0.25) is 14.6 Å². The molecule has 1 aromatic carbocycles. The molecule has 4 rings (SSSR count). The van der Waals surface area contributed by atoms with E-state index in [4.69, 9.17) is 0 Å². The molecule has 23 heavy (non-hydrogen) atoms. The molecule has 1 aromatic heterocycles. The van der Waals surface area contributed by atoms with Crippen molar-refractivity contribution in [3.05, 3.63) is 54.1 Å². The van der Waals surface area contributed by atoms with E-state index in [0.717, 1.165) is 24.1 Å². The number of carbonyl (C=O) groups is 2. The molecule has 116 valence electrons. The van der Waals surface area contributed by atoms with Crippen LogP contribution in [0.15, 0.2) is 42.9 Å². The number of hydrogen-bond donors (Lipinski definition) is 1. The first-order valence-corrected chi connectivity index (χ1v) is 7.67. The zero-order valence-electron chi connectivity index (χ0n) is 12.5. The fourth-order valence-electron chi connectivity index (χ4n) is 3.58. The molecule has 0 unspecified atom stereocenters. The molecule has 0 radical (unpaired) electrons. The van der Waals surface area contributed by atoms with Crippen molar-refractivity contribution in [3.8, 4) is 0 Å². The number of hydrogen-bond acceptors (Lipinski definition) is 4. The molecule has 1 atom stereocenters. The minimum Gasteiger partial charge on any atom is -0.336 e. The van der Waals surface area contributed by atoms with Gasteiger partial charge in [0, 0.05) is 31.2 Å². The van der Waals surface area contributed by atoms with Gasteiger partial charge in [-0.25, -0.2) is 4.98 Å². The summed E-state index contributed by atoms with van der Waals surface area (Å²) in [4.78, 5) is 35.0. The van der Waals surface area contributed by atoms with Crippen LogP contribution in [-0.4, -0.2) is 39.8 Å². The largest absolute Gasteiger partial charge is 0.336 e. The summed E-state index contributed by atoms with van der Waals surface area (Å²) in [6.07, 6.45) is 6.04. The van der Waals surface area contributed by atoms with Gasteiger partial charge in [-0.15, -0.1) is 0 Å². The minimum absolute atomic E-state index is 0.0182. The molecule has 1 saturated heterocycles. The molecular formula is C17H16N4O2. The Kier molecular flexibility index (Phi) is 3.11. The summed E-state index contributed by atoms with van der Waals surface area (Å²) in [5.74, 6) is -0.190. The Balaban J connectivity index is 1.68. The normalized spacial score (nSPS) is 22.8. The number of carbonyl (C=O) groups excluding carboxylic acids is 2. The third-order valence-corrected chi connectivity index (χ3v) is 4.69. The van der Waals surface area contributed by atoms with Gasteiger partial charge in [0.05, 0.1) is 11.6 Å². The molecule has 6 heteroatoms. The second-order valence-electron chi connectivity index (χ2n) is 6.00. The van der Waals surface area contributed by atoms with Crippen LogP contribution in [0.2, 0.25) is 0 Å². The highest BCUT2D eigenvalue weighted by molar-refractivity contribution is 6.07. The van der Waals surface area contributed by atoms with Crippen molar-refractivity contribution >= 4 is 17.5 Å². The maximum atomic E-state index is 12.7. The Morgan fingerprint density at radius 1 is 1.26 bits per heavy atom. The van der Waals surface area contributed by atoms with Gasteiger partial charge in [-0.05, 0) is 24.5 Å². The van der Waals surface area contributed by atoms with E-state index in [-0.39, 0.29) is 11.8 Å². The molecule has 6 nitrogen and oxygen atoms in total. The number of likely N-dealkylation sites (tertiary alicyclic amines) is 1. The summed E-state index contributed by atoms with van der Waals surface area (Å²) in [6.45, 7) is 1.01. The number of aromatic nitrogens is 2. The number of benzene rings is 1. The fourth-order valence-corrected chi connectivity index (χ4v) is 3.58. The standard InChI is InChI=1S/C17H16N4O2/c22-15(14-10-18-7-8-19-14)21-9-3-6-17(11-21)12-4-1-2-5-13(12)20-16(17)23/h1-2,4-5,7-8,10H,3,6,9,11H2,(H,20,23)/t17-/m1/s1. The second kappa shape index (κ2) is 5.15. The fraction of sp³-hybridized carbons (Fsp3) is 0.294. The zero-order valence-corrected chi connectivity index (χ0v) is 12.5. The van der Waals surface area contributed by atoms with Gasteiger partial charge in [0.2, 0.25) is 5.91 Å². The highest BCUT2D eigenvalue weighted by Crippen LogP contribution is 2.43. The number of fused-ring (bicyclic) bond motifs is 2. The number of para-hydroxylation sites is 1. The van der Waals surface area contributed by atoms with E-state index in [1.807, 2.05) is 24.3 Å². The van der Waals surface area contributed by atoms with E-state index in [9.17, 15) is 9.59 Å². The number of nitrogens with one attached hydrogen (secondary N) is 1. The lowest BCUT2D eigenvalue weighted by Gasteiger charge is -2.38. The molecule has 1 fully saturated rings. The lowest BCUT2D eigenvalue weighted by atomic mass is 9.75. The van der Waals surface area contributed by atoms with E-state index in [0.29, 0.717) is 18.8 Å². The Labute approximate surface area is 133 Å². The molecule has 0 saturated carbocycles. The van der Waals surface area contributed by atoms with Crippen LogP contribution in [0.5, 0.6) is 0 Å². The van der Waals surface area contributed by atoms with Crippen LogP contribution in [0.3, 0.4) is 0 Å². The first-order chi connectivity index (χ1) is 11.2. The molecule has 1 spiro atoms. The summed E-state index contributed by atoms with van der Waals surface area (Å²) in [6, 6.07) is 7.72. The third-order valence-electron chi connectivity index (χ3n) is 4.69. The maximum Gasteiger partial charge on any atom is 0.274 e. The Morgan fingerprint density at radius 3 is 2.96 bits per heavy atom. The number of piperidine rings is 1. The summed E-state index contributed by atoms with van der Waals surface area (Å²) in [5, 5.41) is 2.95. The van der Waals surface area contributed by atoms with Gasteiger partial charge < -0.3 is 10.2 Å². The van der Waals surface area contributed by atoms with Crippen molar-refractivity contribution in [3.63, 3.8) is 0 Å². The third kappa shape index (κ3) is 2.10. The van der Waals surface area contributed by atoms with Crippen molar-refractivity contribution in [2.45, 2.75) is 18.3 Å². The van der Waals surface area contributed by atoms with Crippen molar-refractivity contribution in [2.75, 3.05) is 18.4 Å². The quantitative estimate of drug-likeness (QED) is 0.868. The number of rotatable bonds is 1. The Bertz CT molecular complexity index is 777. The molecule has 2 aromatic rings. The highest BCUT2D eigenvalue weighted by Gasteiger charge is 2.49. The van der Waals surface area contributed by atoms with Gasteiger partial charge in [0.25, 0.3) is 5.91 Å². The minimum atomic E-state index is -0.646. The summed E-state index contributed by atoms with van der Waals surface area (Å²) >= 11 is 0. The molecule has 2 aliphatic heterocycles. The number of nitrogens with zero attached hydrogens (tertiary/aromatic N) is 3. The molecule has 3 heterocycles. The van der Waals surface area contributed by atoms with Gasteiger partial charge in [-0.2, -0.15) is 0 Å². The SMILES string of the molecule is O=C(c1cnccn1)N1CCC[C@]2(C1)C(=O)Nc1ccccc12. The van der Waals surface area contributed by atoms with Gasteiger partial charge in [0.1, 0.15) is 5.69 Å². The van der Waals surface area contributed by atoms with Crippen LogP contribution in [0.25, 0.3) is 0 Å². The monoisotopic (exact) mass is 308 g/mol. The first kappa shape index (κ1) is 13.9. The lowest BCUT2D eigenvalue weighted by Crippen LogP contribution is -2.52. The van der Waals surface area contributed by atoms with Gasteiger partial charge in [0.15, 0.2) is 0 Å². The Hall–Kier alpha value is -2.76. The second-order valence-corrected chi connectivity index (χ2v) is 6.00. The predicted molar refractivity (Wildman–Crippen MR) is 83.9 cm³/mol. The zero-order chi connectivity index (χ0) is 15.9. The summed E-state index contributed by atoms with van der Waals surface area (Å²) < 4.78 is 0. The first-order valence-electron chi connectivity index (χ1n) is 7.67.